The average molecular weight is 278 g/mol. The Hall–Kier alpha value is -2.37. The van der Waals surface area contributed by atoms with Crippen molar-refractivity contribution in [1.82, 2.24) is 4.90 Å². The second-order valence-electron chi connectivity index (χ2n) is 4.86. The van der Waals surface area contributed by atoms with E-state index in [1.165, 1.54) is 43.0 Å². The predicted molar refractivity (Wildman–Crippen MR) is 73.4 cm³/mol. The fourth-order valence-electron chi connectivity index (χ4n) is 1.84. The van der Waals surface area contributed by atoms with Gasteiger partial charge in [-0.1, -0.05) is 0 Å². The molecule has 1 aromatic carbocycles. The van der Waals surface area contributed by atoms with E-state index < -0.39 is 23.3 Å². The fourth-order valence-corrected chi connectivity index (χ4v) is 1.84. The summed E-state index contributed by atoms with van der Waals surface area (Å²) >= 11 is 0. The van der Waals surface area contributed by atoms with Crippen LogP contribution in [0.4, 0.5) is 0 Å². The molecule has 6 heteroatoms. The van der Waals surface area contributed by atoms with Crippen LogP contribution in [0.5, 0.6) is 0 Å². The SMILES string of the molecule is CCN(C(=O)c1ccc(C(N)=O)cc1)C(C)(C)C(=O)O. The third-order valence-corrected chi connectivity index (χ3v) is 3.18. The van der Waals surface area contributed by atoms with Crippen molar-refractivity contribution in [2.45, 2.75) is 26.3 Å². The Labute approximate surface area is 117 Å². The molecule has 0 aliphatic heterocycles. The van der Waals surface area contributed by atoms with Gasteiger partial charge < -0.3 is 15.7 Å². The van der Waals surface area contributed by atoms with E-state index in [9.17, 15) is 19.5 Å². The number of benzene rings is 1. The molecule has 0 bridgehead atoms. The van der Waals surface area contributed by atoms with E-state index in [4.69, 9.17) is 5.73 Å². The van der Waals surface area contributed by atoms with Crippen LogP contribution in [0, 0.1) is 0 Å². The minimum atomic E-state index is -1.31. The van der Waals surface area contributed by atoms with Crippen LogP contribution in [0.2, 0.25) is 0 Å². The Balaban J connectivity index is 3.09. The van der Waals surface area contributed by atoms with Gasteiger partial charge in [0.1, 0.15) is 5.54 Å². The van der Waals surface area contributed by atoms with Crippen molar-refractivity contribution in [3.63, 3.8) is 0 Å². The van der Waals surface area contributed by atoms with E-state index in [1.54, 1.807) is 6.92 Å². The van der Waals surface area contributed by atoms with Gasteiger partial charge in [0.25, 0.3) is 5.91 Å². The molecule has 1 aromatic rings. The smallest absolute Gasteiger partial charge is 0.329 e. The van der Waals surface area contributed by atoms with Gasteiger partial charge in [-0.2, -0.15) is 0 Å². The lowest BCUT2D eigenvalue weighted by Crippen LogP contribution is -2.52. The normalized spacial score (nSPS) is 10.9. The molecule has 0 spiro atoms. The summed E-state index contributed by atoms with van der Waals surface area (Å²) in [5.41, 5.74) is 4.42. The van der Waals surface area contributed by atoms with Gasteiger partial charge in [-0.25, -0.2) is 4.79 Å². The maximum Gasteiger partial charge on any atom is 0.329 e. The van der Waals surface area contributed by atoms with Crippen molar-refractivity contribution >= 4 is 17.8 Å². The summed E-state index contributed by atoms with van der Waals surface area (Å²) in [4.78, 5) is 35.8. The van der Waals surface area contributed by atoms with E-state index in [0.29, 0.717) is 11.1 Å². The van der Waals surface area contributed by atoms with E-state index >= 15 is 0 Å². The van der Waals surface area contributed by atoms with Crippen LogP contribution in [0.3, 0.4) is 0 Å². The molecule has 3 N–H and O–H groups in total. The molecule has 0 saturated heterocycles. The van der Waals surface area contributed by atoms with Crippen molar-refractivity contribution in [3.8, 4) is 0 Å². The minimum Gasteiger partial charge on any atom is -0.480 e. The van der Waals surface area contributed by atoms with Gasteiger partial charge in [0.2, 0.25) is 5.91 Å². The highest BCUT2D eigenvalue weighted by Crippen LogP contribution is 2.18. The summed E-state index contributed by atoms with van der Waals surface area (Å²) in [6.07, 6.45) is 0. The summed E-state index contributed by atoms with van der Waals surface area (Å²) in [5, 5.41) is 9.20. The molecule has 0 fully saturated rings. The number of rotatable bonds is 5. The summed E-state index contributed by atoms with van der Waals surface area (Å²) in [7, 11) is 0. The number of primary amides is 1. The molecule has 108 valence electrons. The molecular weight excluding hydrogens is 260 g/mol. The number of likely N-dealkylation sites (N-methyl/N-ethyl adjacent to an activating group) is 1. The first-order valence-electron chi connectivity index (χ1n) is 6.17. The highest BCUT2D eigenvalue weighted by atomic mass is 16.4. The predicted octanol–water partition coefficient (Wildman–Crippen LogP) is 1.11. The summed E-state index contributed by atoms with van der Waals surface area (Å²) < 4.78 is 0. The molecule has 0 aliphatic rings. The topological polar surface area (TPSA) is 101 Å². The monoisotopic (exact) mass is 278 g/mol. The first-order chi connectivity index (χ1) is 9.21. The zero-order valence-corrected chi connectivity index (χ0v) is 11.7. The Morgan fingerprint density at radius 2 is 1.60 bits per heavy atom. The number of carbonyl (C=O) groups excluding carboxylic acids is 2. The van der Waals surface area contributed by atoms with Crippen LogP contribution < -0.4 is 5.73 Å². The van der Waals surface area contributed by atoms with Gasteiger partial charge >= 0.3 is 5.97 Å². The molecule has 0 unspecified atom stereocenters. The maximum absolute atomic E-state index is 12.4. The minimum absolute atomic E-state index is 0.260. The highest BCUT2D eigenvalue weighted by Gasteiger charge is 2.37. The first-order valence-corrected chi connectivity index (χ1v) is 6.17. The number of hydrogen-bond acceptors (Lipinski definition) is 3. The second-order valence-corrected chi connectivity index (χ2v) is 4.86. The number of carboxylic acid groups (broad SMARTS) is 1. The van der Waals surface area contributed by atoms with Crippen molar-refractivity contribution in [2.75, 3.05) is 6.54 Å². The van der Waals surface area contributed by atoms with Gasteiger partial charge in [-0.3, -0.25) is 9.59 Å². The molecular formula is C14H18N2O4. The summed E-state index contributed by atoms with van der Waals surface area (Å²) in [6.45, 7) is 4.90. The Morgan fingerprint density at radius 3 is 1.95 bits per heavy atom. The third kappa shape index (κ3) is 2.96. The van der Waals surface area contributed by atoms with Crippen LogP contribution in [0.25, 0.3) is 0 Å². The highest BCUT2D eigenvalue weighted by molar-refractivity contribution is 5.99. The lowest BCUT2D eigenvalue weighted by atomic mass is 10.0. The van der Waals surface area contributed by atoms with Crippen LogP contribution in [0.15, 0.2) is 24.3 Å². The maximum atomic E-state index is 12.4. The molecule has 0 heterocycles. The molecule has 0 aliphatic carbocycles. The molecule has 2 amide bonds. The zero-order chi connectivity index (χ0) is 15.5. The van der Waals surface area contributed by atoms with Gasteiger partial charge in [0.15, 0.2) is 0 Å². The second kappa shape index (κ2) is 5.73. The van der Waals surface area contributed by atoms with E-state index in [-0.39, 0.29) is 6.54 Å². The number of hydrogen-bond donors (Lipinski definition) is 2. The summed E-state index contributed by atoms with van der Waals surface area (Å²) in [5.74, 6) is -2.07. The Kier molecular flexibility index (Phi) is 4.49. The number of carbonyl (C=O) groups is 3. The molecule has 0 radical (unpaired) electrons. The number of carboxylic acids is 1. The number of aliphatic carboxylic acids is 1. The van der Waals surface area contributed by atoms with Crippen LogP contribution in [-0.2, 0) is 4.79 Å². The van der Waals surface area contributed by atoms with Crippen LogP contribution >= 0.6 is 0 Å². The van der Waals surface area contributed by atoms with Crippen molar-refractivity contribution in [2.24, 2.45) is 5.73 Å². The molecule has 0 saturated carbocycles. The number of amides is 2. The third-order valence-electron chi connectivity index (χ3n) is 3.18. The molecule has 0 aromatic heterocycles. The lowest BCUT2D eigenvalue weighted by molar-refractivity contribution is -0.147. The van der Waals surface area contributed by atoms with E-state index in [1.807, 2.05) is 0 Å². The van der Waals surface area contributed by atoms with Gasteiger partial charge in [0.05, 0.1) is 0 Å². The molecule has 0 atom stereocenters. The Morgan fingerprint density at radius 1 is 1.15 bits per heavy atom. The van der Waals surface area contributed by atoms with Gasteiger partial charge in [-0.15, -0.1) is 0 Å². The number of nitrogens with two attached hydrogens (primary N) is 1. The van der Waals surface area contributed by atoms with Gasteiger partial charge in [-0.05, 0) is 45.0 Å². The Bertz CT molecular complexity index is 535. The zero-order valence-electron chi connectivity index (χ0n) is 11.7. The van der Waals surface area contributed by atoms with E-state index in [0.717, 1.165) is 0 Å². The standard InChI is InChI=1S/C14H18N2O4/c1-4-16(14(2,3)13(19)20)12(18)10-7-5-9(6-8-10)11(15)17/h5-8H,4H2,1-3H3,(H2,15,17)(H,19,20). The van der Waals surface area contributed by atoms with Crippen LogP contribution in [0.1, 0.15) is 41.5 Å². The lowest BCUT2D eigenvalue weighted by Gasteiger charge is -2.34. The molecule has 1 rings (SSSR count). The quantitative estimate of drug-likeness (QED) is 0.842. The molecule has 20 heavy (non-hydrogen) atoms. The van der Waals surface area contributed by atoms with Crippen molar-refractivity contribution in [3.05, 3.63) is 35.4 Å². The summed E-state index contributed by atoms with van der Waals surface area (Å²) in [6, 6.07) is 5.81. The molecule has 6 nitrogen and oxygen atoms in total. The van der Waals surface area contributed by atoms with E-state index in [2.05, 4.69) is 0 Å². The van der Waals surface area contributed by atoms with Crippen LogP contribution in [-0.4, -0.2) is 39.9 Å². The number of nitrogens with zero attached hydrogens (tertiary/aromatic N) is 1. The van der Waals surface area contributed by atoms with Crippen molar-refractivity contribution < 1.29 is 19.5 Å². The average Bonchev–Trinajstić information content (AvgIpc) is 2.39. The largest absolute Gasteiger partial charge is 0.480 e. The first kappa shape index (κ1) is 15.7. The van der Waals surface area contributed by atoms with Gasteiger partial charge in [0, 0.05) is 17.7 Å². The fraction of sp³-hybridized carbons (Fsp3) is 0.357. The van der Waals surface area contributed by atoms with Crippen molar-refractivity contribution in [1.29, 1.82) is 0 Å².